The molecule has 4 aromatic rings. The van der Waals surface area contributed by atoms with E-state index in [2.05, 4.69) is 41.5 Å². The Morgan fingerprint density at radius 2 is 0.270 bits per heavy atom. The van der Waals surface area contributed by atoms with Crippen molar-refractivity contribution in [2.75, 3.05) is 37.0 Å². The van der Waals surface area contributed by atoms with Crippen molar-refractivity contribution in [3.63, 3.8) is 0 Å². The van der Waals surface area contributed by atoms with Crippen LogP contribution in [0.1, 0.15) is 433 Å². The van der Waals surface area contributed by atoms with Crippen molar-refractivity contribution < 1.29 is 105 Å². The third kappa shape index (κ3) is 45.0. The highest BCUT2D eigenvalue weighted by atomic mass is 31.2. The number of nitrogens with zero attached hydrogens (tertiary/aromatic N) is 1. The molecule has 126 heavy (non-hydrogen) atoms. The molecule has 0 aliphatic heterocycles. The lowest BCUT2D eigenvalue weighted by atomic mass is 9.12. The lowest BCUT2D eigenvalue weighted by molar-refractivity contribution is -0.144. The fourth-order valence-corrected chi connectivity index (χ4v) is 29.3. The standard InChI is InChI=1S/C66H138NP2.C32H12BF24/c1-7-13-19-25-31-37-43-49-55-61-68(62-56-50-44-38-32-26-20-14-8-2,63-57-51-45-39-33-27-21-15-9-3)67-69(64-58-52-46-40-34-28-22-16-10-4,65-59-53-47-41-35-29-23-17-11-5)66-60-54-48-42-36-30-24-18-12-6;34-25(35,36)13-1-14(26(37,38)39)6-21(5-13)33(22-7-15(27(40,41)42)2-16(8-22)28(43,44)45,23-9-17(29(46,47)48)3-18(10-23)30(49,50)51)24-11-19(31(52,53)54)4-20(12-24)32(55,56)57/h7-66H2,1-6H3;1-12H/q+1;-1. The van der Waals surface area contributed by atoms with Gasteiger partial charge in [0.1, 0.15) is 6.15 Å². The third-order valence-corrected chi connectivity index (χ3v) is 34.8. The quantitative estimate of drug-likeness (QED) is 0.0138. The van der Waals surface area contributed by atoms with E-state index in [0.29, 0.717) is 0 Å². The van der Waals surface area contributed by atoms with Gasteiger partial charge in [0.2, 0.25) is 14.1 Å². The van der Waals surface area contributed by atoms with Crippen LogP contribution in [0.2, 0.25) is 0 Å². The largest absolute Gasteiger partial charge is 0.416 e. The zero-order chi connectivity index (χ0) is 94.0. The number of unbranched alkanes of at least 4 members (excludes halogenated alkanes) is 48. The highest BCUT2D eigenvalue weighted by Crippen LogP contribution is 2.57. The van der Waals surface area contributed by atoms with Crippen molar-refractivity contribution in [2.24, 2.45) is 0 Å². The van der Waals surface area contributed by atoms with E-state index in [9.17, 15) is 105 Å². The number of benzene rings is 4. The Bertz CT molecular complexity index is 3050. The first kappa shape index (κ1) is 116. The molecule has 0 saturated heterocycles. The zero-order valence-corrected chi connectivity index (χ0v) is 78.1. The first-order valence-corrected chi connectivity index (χ1v) is 52.8. The van der Waals surface area contributed by atoms with Crippen molar-refractivity contribution in [1.82, 2.24) is 4.17 Å². The van der Waals surface area contributed by atoms with Gasteiger partial charge in [0.05, 0.1) is 44.5 Å². The second-order valence-corrected chi connectivity index (χ2v) is 43.6. The topological polar surface area (TPSA) is 14.1 Å². The van der Waals surface area contributed by atoms with Gasteiger partial charge in [-0.05, 0) is 62.8 Å². The molecule has 728 valence electrons. The highest BCUT2D eigenvalue weighted by molar-refractivity contribution is 7.73. The second kappa shape index (κ2) is 59.5. The predicted molar refractivity (Wildman–Crippen MR) is 479 cm³/mol. The van der Waals surface area contributed by atoms with E-state index < -0.39 is 209 Å². The molecular weight excluding hydrogens is 1720 g/mol. The van der Waals surface area contributed by atoms with Crippen LogP contribution in [0.3, 0.4) is 0 Å². The maximum atomic E-state index is 14.2. The summed E-state index contributed by atoms with van der Waals surface area (Å²) < 4.78 is 348. The molecule has 0 amide bonds. The van der Waals surface area contributed by atoms with Crippen molar-refractivity contribution in [1.29, 1.82) is 0 Å². The van der Waals surface area contributed by atoms with Gasteiger partial charge in [-0.25, -0.2) is 0 Å². The Morgan fingerprint density at radius 1 is 0.167 bits per heavy atom. The molecule has 0 aliphatic rings. The first-order chi connectivity index (χ1) is 59.3. The van der Waals surface area contributed by atoms with Gasteiger partial charge < -0.3 is 0 Å². The minimum absolute atomic E-state index is 0.691. The van der Waals surface area contributed by atoms with E-state index >= 15 is 0 Å². The lowest BCUT2D eigenvalue weighted by Gasteiger charge is -2.46. The molecule has 0 radical (unpaired) electrons. The summed E-state index contributed by atoms with van der Waals surface area (Å²) in [6, 6.07) is -8.81. The van der Waals surface area contributed by atoms with E-state index in [-0.39, 0.29) is 0 Å². The molecule has 0 bridgehead atoms. The molecule has 4 aromatic carbocycles. The minimum Gasteiger partial charge on any atom is -0.194 e. The van der Waals surface area contributed by atoms with E-state index in [1.54, 1.807) is 0 Å². The van der Waals surface area contributed by atoms with Crippen LogP contribution in [-0.2, 0) is 49.4 Å². The van der Waals surface area contributed by atoms with Gasteiger partial charge in [0, 0.05) is 37.0 Å². The van der Waals surface area contributed by atoms with Crippen LogP contribution >= 0.6 is 14.1 Å². The molecule has 28 heteroatoms. The molecular formula is C98H150BF24NP2. The van der Waals surface area contributed by atoms with Crippen LogP contribution in [0.4, 0.5) is 105 Å². The van der Waals surface area contributed by atoms with Crippen molar-refractivity contribution in [2.45, 2.75) is 438 Å². The smallest absolute Gasteiger partial charge is 0.194 e. The van der Waals surface area contributed by atoms with Crippen LogP contribution in [0.25, 0.3) is 0 Å². The molecule has 0 aromatic heterocycles. The number of hydrogen-bond donors (Lipinski definition) is 0. The van der Waals surface area contributed by atoms with E-state index in [1.165, 1.54) is 384 Å². The average Bonchev–Trinajstić information content (AvgIpc) is 0.706. The molecule has 0 unspecified atom stereocenters. The van der Waals surface area contributed by atoms with Crippen LogP contribution in [0.15, 0.2) is 72.8 Å². The van der Waals surface area contributed by atoms with Gasteiger partial charge in [0.25, 0.3) is 0 Å². The summed E-state index contributed by atoms with van der Waals surface area (Å²) in [5.41, 5.74) is -30.2. The van der Waals surface area contributed by atoms with Crippen LogP contribution < -0.4 is 26.0 Å². The van der Waals surface area contributed by atoms with E-state index in [0.717, 1.165) is 0 Å². The second-order valence-electron chi connectivity index (χ2n) is 35.8. The van der Waals surface area contributed by atoms with Gasteiger partial charge >= 0.3 is 49.4 Å². The SMILES string of the molecule is CCCCCCCCCCCP(CCCCCCCCCCC)(CCCCCCCCCCC)=[N+]=P(CCCCCCCCCCC)(CCCCCCCCCCC)CCCCCCCCCCC.FC(F)(F)c1cc([B-](c2cc(C(F)(F)F)cc(C(F)(F)F)c2)(c2cc(C(F)(F)F)cc(C(F)(F)F)c2)c2cc(C(F)(F)F)cc(C(F)(F)F)c2)cc(C(F)(F)F)c1. The van der Waals surface area contributed by atoms with Crippen LogP contribution in [0.5, 0.6) is 0 Å². The Balaban J connectivity index is 0.000000660. The highest BCUT2D eigenvalue weighted by Gasteiger charge is 2.48. The fourth-order valence-electron chi connectivity index (χ4n) is 17.7. The number of halogens is 24. The zero-order valence-electron chi connectivity index (χ0n) is 76.3. The van der Waals surface area contributed by atoms with Gasteiger partial charge in [0.15, 0.2) is 0 Å². The summed E-state index contributed by atoms with van der Waals surface area (Å²) >= 11 is 0. The molecule has 1 nitrogen and oxygen atoms in total. The van der Waals surface area contributed by atoms with Crippen molar-refractivity contribution in [3.05, 3.63) is 117 Å². The fraction of sp³-hybridized carbons (Fsp3) is 0.755. The Labute approximate surface area is 740 Å². The summed E-state index contributed by atoms with van der Waals surface area (Å²) in [5, 5.41) is 0. The van der Waals surface area contributed by atoms with Gasteiger partial charge in [-0.2, -0.15) is 131 Å². The molecule has 0 atom stereocenters. The maximum Gasteiger partial charge on any atom is 0.416 e. The summed E-state index contributed by atoms with van der Waals surface area (Å²) in [6.45, 7) is 14.2. The lowest BCUT2D eigenvalue weighted by Crippen LogP contribution is -2.75. The summed E-state index contributed by atoms with van der Waals surface area (Å²) in [6.07, 6.45) is 33.4. The summed E-state index contributed by atoms with van der Waals surface area (Å²) in [5.74, 6) is 0. The minimum atomic E-state index is -6.13. The van der Waals surface area contributed by atoms with Crippen LogP contribution in [-0.4, -0.2) is 43.1 Å². The monoisotopic (exact) mass is 1870 g/mol. The van der Waals surface area contributed by atoms with E-state index in [4.69, 9.17) is 4.17 Å². The Kier molecular flexibility index (Phi) is 54.7. The molecule has 0 spiro atoms. The van der Waals surface area contributed by atoms with Crippen LogP contribution in [0, 0.1) is 0 Å². The first-order valence-electron chi connectivity index (χ1n) is 48.2. The van der Waals surface area contributed by atoms with Gasteiger partial charge in [-0.15, -0.1) is 0 Å². The predicted octanol–water partition coefficient (Wildman–Crippen LogP) is 36.9. The molecule has 0 saturated carbocycles. The molecule has 0 N–H and O–H groups in total. The number of alkyl halides is 24. The van der Waals surface area contributed by atoms with Gasteiger partial charge in [-0.1, -0.05) is 398 Å². The van der Waals surface area contributed by atoms with Crippen molar-refractivity contribution >= 4 is 42.1 Å². The number of hydrogen-bond acceptors (Lipinski definition) is 0. The summed E-state index contributed by atoms with van der Waals surface area (Å²) in [4.78, 5) is 0. The normalized spacial score (nSPS) is 13.1. The van der Waals surface area contributed by atoms with Gasteiger partial charge in [-0.3, -0.25) is 0 Å². The van der Waals surface area contributed by atoms with Crippen molar-refractivity contribution in [3.8, 4) is 0 Å². The molecule has 0 fully saturated rings. The molecule has 0 aliphatic carbocycles. The average molecular weight is 1870 g/mol. The molecule has 0 heterocycles. The maximum absolute atomic E-state index is 14.2. The summed E-state index contributed by atoms with van der Waals surface area (Å²) in [7, 11) is -2.77. The Hall–Kier alpha value is -4.17. The molecule has 4 rings (SSSR count). The Morgan fingerprint density at radius 3 is 0.373 bits per heavy atom. The number of rotatable bonds is 64. The van der Waals surface area contributed by atoms with E-state index in [1.807, 2.05) is 0 Å². The third-order valence-electron chi connectivity index (χ3n) is 24.9.